The molecule has 5 heteroatoms. The van der Waals surface area contributed by atoms with Crippen molar-refractivity contribution in [1.29, 1.82) is 0 Å². The number of carbonyl (C=O) groups is 1. The Kier molecular flexibility index (Phi) is 3.50. The molecule has 0 heterocycles. The SMILES string of the molecule is O=C(O)CC1(COc2ccc(Cl)c(Cl)c2)CC1. The molecular formula is C12H12Cl2O3. The van der Waals surface area contributed by atoms with E-state index in [9.17, 15) is 4.79 Å². The van der Waals surface area contributed by atoms with Crippen LogP contribution < -0.4 is 4.74 Å². The molecule has 1 aliphatic rings. The molecule has 0 aliphatic heterocycles. The van der Waals surface area contributed by atoms with Crippen LogP contribution in [0.2, 0.25) is 10.0 Å². The first-order valence-electron chi connectivity index (χ1n) is 5.30. The number of halogens is 2. The van der Waals surface area contributed by atoms with E-state index in [0.717, 1.165) is 12.8 Å². The van der Waals surface area contributed by atoms with Gasteiger partial charge in [0.1, 0.15) is 5.75 Å². The van der Waals surface area contributed by atoms with Gasteiger partial charge in [0.2, 0.25) is 0 Å². The van der Waals surface area contributed by atoms with Crippen molar-refractivity contribution in [2.24, 2.45) is 5.41 Å². The molecule has 0 atom stereocenters. The maximum absolute atomic E-state index is 10.7. The van der Waals surface area contributed by atoms with Crippen LogP contribution in [0.25, 0.3) is 0 Å². The zero-order chi connectivity index (χ0) is 12.5. The summed E-state index contributed by atoms with van der Waals surface area (Å²) in [5.41, 5.74) is -0.183. The largest absolute Gasteiger partial charge is 0.493 e. The highest BCUT2D eigenvalue weighted by atomic mass is 35.5. The van der Waals surface area contributed by atoms with Gasteiger partial charge in [-0.2, -0.15) is 0 Å². The summed E-state index contributed by atoms with van der Waals surface area (Å²) >= 11 is 11.6. The minimum atomic E-state index is -0.778. The molecule has 1 aliphatic carbocycles. The third-order valence-corrected chi connectivity index (χ3v) is 3.66. The van der Waals surface area contributed by atoms with Crippen LogP contribution in [0.15, 0.2) is 18.2 Å². The highest BCUT2D eigenvalue weighted by Crippen LogP contribution is 2.49. The Morgan fingerprint density at radius 1 is 1.35 bits per heavy atom. The first-order valence-corrected chi connectivity index (χ1v) is 6.06. The van der Waals surface area contributed by atoms with Gasteiger partial charge in [0.25, 0.3) is 0 Å². The average molecular weight is 275 g/mol. The van der Waals surface area contributed by atoms with E-state index in [-0.39, 0.29) is 11.8 Å². The van der Waals surface area contributed by atoms with Crippen molar-refractivity contribution in [1.82, 2.24) is 0 Å². The lowest BCUT2D eigenvalue weighted by Crippen LogP contribution is -2.17. The molecule has 1 aromatic rings. The van der Waals surface area contributed by atoms with Crippen molar-refractivity contribution in [2.45, 2.75) is 19.3 Å². The molecule has 1 aromatic carbocycles. The van der Waals surface area contributed by atoms with E-state index < -0.39 is 5.97 Å². The van der Waals surface area contributed by atoms with Gasteiger partial charge >= 0.3 is 5.97 Å². The second-order valence-electron chi connectivity index (χ2n) is 4.44. The average Bonchev–Trinajstić information content (AvgIpc) is 2.99. The number of carboxylic acid groups (broad SMARTS) is 1. The maximum atomic E-state index is 10.7. The smallest absolute Gasteiger partial charge is 0.304 e. The normalized spacial score (nSPS) is 16.6. The molecule has 0 radical (unpaired) electrons. The van der Waals surface area contributed by atoms with Crippen LogP contribution in [0, 0.1) is 5.41 Å². The molecule has 1 saturated carbocycles. The van der Waals surface area contributed by atoms with E-state index in [1.807, 2.05) is 0 Å². The summed E-state index contributed by atoms with van der Waals surface area (Å²) < 4.78 is 5.56. The summed E-state index contributed by atoms with van der Waals surface area (Å²) in [5, 5.41) is 9.69. The minimum Gasteiger partial charge on any atom is -0.493 e. The molecule has 2 rings (SSSR count). The molecular weight excluding hydrogens is 263 g/mol. The Labute approximate surface area is 109 Å². The molecule has 17 heavy (non-hydrogen) atoms. The van der Waals surface area contributed by atoms with Crippen LogP contribution >= 0.6 is 23.2 Å². The molecule has 0 aromatic heterocycles. The van der Waals surface area contributed by atoms with Crippen LogP contribution in [-0.2, 0) is 4.79 Å². The molecule has 0 unspecified atom stereocenters. The van der Waals surface area contributed by atoms with Crippen LogP contribution in [-0.4, -0.2) is 17.7 Å². The van der Waals surface area contributed by atoms with Gasteiger partial charge in [-0.05, 0) is 25.0 Å². The van der Waals surface area contributed by atoms with Crippen molar-refractivity contribution >= 4 is 29.2 Å². The third-order valence-electron chi connectivity index (χ3n) is 2.92. The Morgan fingerprint density at radius 3 is 2.59 bits per heavy atom. The first-order chi connectivity index (χ1) is 8.01. The van der Waals surface area contributed by atoms with Gasteiger partial charge < -0.3 is 9.84 Å². The van der Waals surface area contributed by atoms with Gasteiger partial charge in [0.05, 0.1) is 23.1 Å². The fourth-order valence-corrected chi connectivity index (χ4v) is 1.96. The number of hydrogen-bond donors (Lipinski definition) is 1. The van der Waals surface area contributed by atoms with E-state index in [1.165, 1.54) is 0 Å². The van der Waals surface area contributed by atoms with Crippen molar-refractivity contribution in [2.75, 3.05) is 6.61 Å². The summed E-state index contributed by atoms with van der Waals surface area (Å²) in [4.78, 5) is 10.7. The zero-order valence-electron chi connectivity index (χ0n) is 9.08. The van der Waals surface area contributed by atoms with Gasteiger partial charge in [-0.3, -0.25) is 4.79 Å². The molecule has 0 spiro atoms. The number of aliphatic carboxylic acids is 1. The van der Waals surface area contributed by atoms with E-state index >= 15 is 0 Å². The van der Waals surface area contributed by atoms with E-state index in [4.69, 9.17) is 33.0 Å². The predicted octanol–water partition coefficient (Wildman–Crippen LogP) is 3.63. The van der Waals surface area contributed by atoms with Gasteiger partial charge in [0, 0.05) is 11.5 Å². The molecule has 1 N–H and O–H groups in total. The quantitative estimate of drug-likeness (QED) is 0.892. The van der Waals surface area contributed by atoms with Gasteiger partial charge in [-0.1, -0.05) is 23.2 Å². The lowest BCUT2D eigenvalue weighted by molar-refractivity contribution is -0.138. The van der Waals surface area contributed by atoms with Crippen LogP contribution in [0.4, 0.5) is 0 Å². The van der Waals surface area contributed by atoms with Gasteiger partial charge in [-0.15, -0.1) is 0 Å². The summed E-state index contributed by atoms with van der Waals surface area (Å²) in [5.74, 6) is -0.156. The van der Waals surface area contributed by atoms with Crippen LogP contribution in [0.3, 0.4) is 0 Å². The van der Waals surface area contributed by atoms with E-state index in [2.05, 4.69) is 0 Å². The van der Waals surface area contributed by atoms with Crippen molar-refractivity contribution in [3.8, 4) is 5.75 Å². The fourth-order valence-electron chi connectivity index (χ4n) is 1.67. The van der Waals surface area contributed by atoms with Gasteiger partial charge in [0.15, 0.2) is 0 Å². The third kappa shape index (κ3) is 3.27. The molecule has 0 amide bonds. The second kappa shape index (κ2) is 4.75. The lowest BCUT2D eigenvalue weighted by Gasteiger charge is -2.14. The van der Waals surface area contributed by atoms with Crippen molar-refractivity contribution in [3.05, 3.63) is 28.2 Å². The fraction of sp³-hybridized carbons (Fsp3) is 0.417. The first kappa shape index (κ1) is 12.5. The number of carboxylic acids is 1. The number of hydrogen-bond acceptors (Lipinski definition) is 2. The number of benzene rings is 1. The molecule has 3 nitrogen and oxygen atoms in total. The zero-order valence-corrected chi connectivity index (χ0v) is 10.6. The predicted molar refractivity (Wildman–Crippen MR) is 65.9 cm³/mol. The van der Waals surface area contributed by atoms with E-state index in [0.29, 0.717) is 22.4 Å². The number of rotatable bonds is 5. The molecule has 1 fully saturated rings. The number of ether oxygens (including phenoxy) is 1. The Balaban J connectivity index is 1.94. The van der Waals surface area contributed by atoms with Crippen LogP contribution in [0.1, 0.15) is 19.3 Å². The lowest BCUT2D eigenvalue weighted by atomic mass is 10.0. The maximum Gasteiger partial charge on any atom is 0.304 e. The Bertz CT molecular complexity index is 441. The molecule has 0 bridgehead atoms. The molecule has 92 valence electrons. The standard InChI is InChI=1S/C12H12Cl2O3/c13-9-2-1-8(5-10(9)14)17-7-12(3-4-12)6-11(15)16/h1-2,5H,3-4,6-7H2,(H,15,16). The van der Waals surface area contributed by atoms with E-state index in [1.54, 1.807) is 18.2 Å². The second-order valence-corrected chi connectivity index (χ2v) is 5.25. The highest BCUT2D eigenvalue weighted by Gasteiger charge is 2.45. The molecule has 0 saturated heterocycles. The minimum absolute atomic E-state index is 0.161. The topological polar surface area (TPSA) is 46.5 Å². The summed E-state index contributed by atoms with van der Waals surface area (Å²) in [6.07, 6.45) is 1.97. The summed E-state index contributed by atoms with van der Waals surface area (Å²) in [6.45, 7) is 0.414. The Hall–Kier alpha value is -0.930. The monoisotopic (exact) mass is 274 g/mol. The van der Waals surface area contributed by atoms with Crippen molar-refractivity contribution in [3.63, 3.8) is 0 Å². The van der Waals surface area contributed by atoms with Crippen molar-refractivity contribution < 1.29 is 14.6 Å². The summed E-state index contributed by atoms with van der Waals surface area (Å²) in [7, 11) is 0. The Morgan fingerprint density at radius 2 is 2.06 bits per heavy atom. The van der Waals surface area contributed by atoms with Gasteiger partial charge in [-0.25, -0.2) is 0 Å². The van der Waals surface area contributed by atoms with Crippen LogP contribution in [0.5, 0.6) is 5.75 Å². The highest BCUT2D eigenvalue weighted by molar-refractivity contribution is 6.42. The summed E-state index contributed by atoms with van der Waals surface area (Å²) in [6, 6.07) is 5.03.